The topological polar surface area (TPSA) is 98.9 Å². The highest BCUT2D eigenvalue weighted by molar-refractivity contribution is 5.73. The van der Waals surface area contributed by atoms with Gasteiger partial charge in [-0.2, -0.15) is 0 Å². The second-order valence-corrected chi connectivity index (χ2v) is 2.65. The van der Waals surface area contributed by atoms with Crippen LogP contribution in [-0.4, -0.2) is 41.5 Å². The minimum atomic E-state index is -1.40. The van der Waals surface area contributed by atoms with Crippen molar-refractivity contribution in [2.24, 2.45) is 0 Å². The molecule has 13 heavy (non-hydrogen) atoms. The second kappa shape index (κ2) is 3.67. The van der Waals surface area contributed by atoms with E-state index in [1.807, 2.05) is 0 Å². The van der Waals surface area contributed by atoms with E-state index in [1.165, 1.54) is 7.11 Å². The summed E-state index contributed by atoms with van der Waals surface area (Å²) in [6.45, 7) is 0. The fourth-order valence-electron chi connectivity index (χ4n) is 1.20. The van der Waals surface area contributed by atoms with Gasteiger partial charge in [0, 0.05) is 12.0 Å². The fraction of sp³-hybridized carbons (Fsp3) is 0.833. The Morgan fingerprint density at radius 1 is 1.77 bits per heavy atom. The van der Waals surface area contributed by atoms with E-state index in [9.17, 15) is 14.9 Å². The van der Waals surface area contributed by atoms with E-state index in [0.717, 1.165) is 0 Å². The van der Waals surface area contributed by atoms with Crippen LogP contribution in [-0.2, 0) is 14.3 Å². The third-order valence-electron chi connectivity index (χ3n) is 1.86. The van der Waals surface area contributed by atoms with Crippen LogP contribution in [0.1, 0.15) is 6.42 Å². The Balaban J connectivity index is 2.71. The number of rotatable bonds is 3. The standard InChI is InChI=1S/C6H9NO6/c1-12-4-2-3(7(10)11)5(13-4)6(8)9/h3-5H,2H2,1H3,(H,8,9)/t3-,4-,5-/m0/s1. The summed E-state index contributed by atoms with van der Waals surface area (Å²) in [5.74, 6) is -1.33. The molecule has 7 heteroatoms. The van der Waals surface area contributed by atoms with E-state index in [4.69, 9.17) is 9.84 Å². The molecule has 74 valence electrons. The SMILES string of the molecule is CO[C@@H]1C[C@H]([N+](=O)[O-])[C@@H](C(=O)O)O1. The van der Waals surface area contributed by atoms with Gasteiger partial charge in [-0.1, -0.05) is 0 Å². The predicted octanol–water partition coefficient (Wildman–Crippen LogP) is -0.522. The van der Waals surface area contributed by atoms with Crippen molar-refractivity contribution >= 4 is 5.97 Å². The molecule has 3 atom stereocenters. The van der Waals surface area contributed by atoms with Crippen LogP contribution in [0.15, 0.2) is 0 Å². The van der Waals surface area contributed by atoms with E-state index in [2.05, 4.69) is 4.74 Å². The molecule has 1 heterocycles. The van der Waals surface area contributed by atoms with Crippen molar-refractivity contribution in [2.45, 2.75) is 24.9 Å². The minimum absolute atomic E-state index is 0.0273. The first-order valence-corrected chi connectivity index (χ1v) is 3.60. The van der Waals surface area contributed by atoms with Crippen LogP contribution in [0, 0.1) is 10.1 Å². The average Bonchev–Trinajstić information content (AvgIpc) is 2.47. The normalized spacial score (nSPS) is 33.2. The number of ether oxygens (including phenoxy) is 2. The van der Waals surface area contributed by atoms with Crippen molar-refractivity contribution in [1.82, 2.24) is 0 Å². The zero-order valence-corrected chi connectivity index (χ0v) is 6.87. The number of carbonyl (C=O) groups is 1. The summed E-state index contributed by atoms with van der Waals surface area (Å²) in [7, 11) is 1.31. The summed E-state index contributed by atoms with van der Waals surface area (Å²) in [6, 6.07) is -1.22. The maximum Gasteiger partial charge on any atom is 0.340 e. The van der Waals surface area contributed by atoms with Gasteiger partial charge >= 0.3 is 5.97 Å². The quantitative estimate of drug-likeness (QED) is 0.476. The summed E-state index contributed by atoms with van der Waals surface area (Å²) < 4.78 is 9.46. The first-order valence-electron chi connectivity index (χ1n) is 3.60. The van der Waals surface area contributed by atoms with Gasteiger partial charge in [0.2, 0.25) is 6.10 Å². The number of aliphatic carboxylic acids is 1. The zero-order chi connectivity index (χ0) is 10.0. The number of nitro groups is 1. The summed E-state index contributed by atoms with van der Waals surface area (Å²) >= 11 is 0. The van der Waals surface area contributed by atoms with Gasteiger partial charge in [0.05, 0.1) is 6.42 Å². The molecule has 0 spiro atoms. The molecule has 1 aliphatic heterocycles. The monoisotopic (exact) mass is 191 g/mol. The van der Waals surface area contributed by atoms with Crippen molar-refractivity contribution in [3.8, 4) is 0 Å². The molecule has 0 saturated carbocycles. The van der Waals surface area contributed by atoms with Crippen molar-refractivity contribution < 1.29 is 24.3 Å². The van der Waals surface area contributed by atoms with Gasteiger partial charge < -0.3 is 14.6 Å². The number of carboxylic acid groups (broad SMARTS) is 1. The highest BCUT2D eigenvalue weighted by Crippen LogP contribution is 2.23. The molecular weight excluding hydrogens is 182 g/mol. The molecule has 1 N–H and O–H groups in total. The summed E-state index contributed by atoms with van der Waals surface area (Å²) in [5.41, 5.74) is 0. The highest BCUT2D eigenvalue weighted by Gasteiger charge is 2.48. The van der Waals surface area contributed by atoms with Gasteiger partial charge in [-0.25, -0.2) is 4.79 Å². The van der Waals surface area contributed by atoms with E-state index >= 15 is 0 Å². The van der Waals surface area contributed by atoms with Crippen LogP contribution < -0.4 is 0 Å². The Labute approximate surface area is 73.4 Å². The van der Waals surface area contributed by atoms with Gasteiger partial charge in [-0.3, -0.25) is 10.1 Å². The number of hydrogen-bond donors (Lipinski definition) is 1. The maximum atomic E-state index is 10.5. The molecule has 0 amide bonds. The van der Waals surface area contributed by atoms with E-state index < -0.39 is 29.3 Å². The largest absolute Gasteiger partial charge is 0.479 e. The Bertz CT molecular complexity index is 207. The van der Waals surface area contributed by atoms with Gasteiger partial charge in [0.15, 0.2) is 6.29 Å². The van der Waals surface area contributed by atoms with Crippen LogP contribution in [0.4, 0.5) is 0 Å². The molecule has 0 aromatic rings. The molecule has 1 rings (SSSR count). The summed E-state index contributed by atoms with van der Waals surface area (Å²) in [4.78, 5) is 20.2. The lowest BCUT2D eigenvalue weighted by atomic mass is 10.1. The lowest BCUT2D eigenvalue weighted by molar-refractivity contribution is -0.524. The molecule has 0 aliphatic carbocycles. The lowest BCUT2D eigenvalue weighted by Crippen LogP contribution is -2.35. The van der Waals surface area contributed by atoms with E-state index in [-0.39, 0.29) is 6.42 Å². The van der Waals surface area contributed by atoms with Gasteiger partial charge in [0.25, 0.3) is 6.04 Å². The van der Waals surface area contributed by atoms with Gasteiger partial charge in [-0.05, 0) is 0 Å². The van der Waals surface area contributed by atoms with Crippen LogP contribution in [0.3, 0.4) is 0 Å². The lowest BCUT2D eigenvalue weighted by Gasteiger charge is -2.07. The molecular formula is C6H9NO6. The molecule has 0 radical (unpaired) electrons. The fourth-order valence-corrected chi connectivity index (χ4v) is 1.20. The number of methoxy groups -OCH3 is 1. The second-order valence-electron chi connectivity index (χ2n) is 2.65. The molecule has 0 bridgehead atoms. The average molecular weight is 191 g/mol. The first-order chi connectivity index (χ1) is 6.06. The van der Waals surface area contributed by atoms with E-state index in [1.54, 1.807) is 0 Å². The Kier molecular flexibility index (Phi) is 2.79. The third-order valence-corrected chi connectivity index (χ3v) is 1.86. The Hall–Kier alpha value is -1.21. The molecule has 1 saturated heterocycles. The smallest absolute Gasteiger partial charge is 0.340 e. The van der Waals surface area contributed by atoms with Crippen molar-refractivity contribution in [3.63, 3.8) is 0 Å². The van der Waals surface area contributed by atoms with Gasteiger partial charge in [-0.15, -0.1) is 0 Å². The summed E-state index contributed by atoms with van der Waals surface area (Å²) in [5, 5.41) is 18.9. The predicted molar refractivity (Wildman–Crippen MR) is 38.7 cm³/mol. The number of hydrogen-bond acceptors (Lipinski definition) is 5. The zero-order valence-electron chi connectivity index (χ0n) is 6.87. The van der Waals surface area contributed by atoms with Crippen LogP contribution >= 0.6 is 0 Å². The molecule has 0 aromatic carbocycles. The van der Waals surface area contributed by atoms with E-state index in [0.29, 0.717) is 0 Å². The highest BCUT2D eigenvalue weighted by atomic mass is 16.7. The Morgan fingerprint density at radius 3 is 2.69 bits per heavy atom. The van der Waals surface area contributed by atoms with Crippen LogP contribution in [0.5, 0.6) is 0 Å². The third kappa shape index (κ3) is 1.93. The summed E-state index contributed by atoms with van der Waals surface area (Å²) in [6.07, 6.45) is -2.23. The number of carboxylic acids is 1. The van der Waals surface area contributed by atoms with Crippen LogP contribution in [0.25, 0.3) is 0 Å². The molecule has 1 aliphatic rings. The molecule has 0 unspecified atom stereocenters. The maximum absolute atomic E-state index is 10.5. The van der Waals surface area contributed by atoms with Crippen molar-refractivity contribution in [3.05, 3.63) is 10.1 Å². The van der Waals surface area contributed by atoms with Gasteiger partial charge in [0.1, 0.15) is 0 Å². The van der Waals surface area contributed by atoms with Crippen molar-refractivity contribution in [1.29, 1.82) is 0 Å². The van der Waals surface area contributed by atoms with Crippen molar-refractivity contribution in [2.75, 3.05) is 7.11 Å². The minimum Gasteiger partial charge on any atom is -0.479 e. The molecule has 7 nitrogen and oxygen atoms in total. The number of nitrogens with zero attached hydrogens (tertiary/aromatic N) is 1. The molecule has 0 aromatic heterocycles. The molecule has 1 fully saturated rings. The Morgan fingerprint density at radius 2 is 2.38 bits per heavy atom. The van der Waals surface area contributed by atoms with Crippen LogP contribution in [0.2, 0.25) is 0 Å². The first kappa shape index (κ1) is 9.87.